The van der Waals surface area contributed by atoms with Gasteiger partial charge in [-0.05, 0) is 36.6 Å². The molecule has 0 aliphatic carbocycles. The summed E-state index contributed by atoms with van der Waals surface area (Å²) in [5, 5.41) is 9.50. The van der Waals surface area contributed by atoms with E-state index < -0.39 is 0 Å². The second kappa shape index (κ2) is 5.12. The minimum atomic E-state index is -0.228. The maximum Gasteiger partial charge on any atom is 0.205 e. The van der Waals surface area contributed by atoms with Crippen molar-refractivity contribution >= 4 is 5.69 Å². The largest absolute Gasteiger partial charge is 0.440 e. The van der Waals surface area contributed by atoms with Crippen molar-refractivity contribution in [1.82, 2.24) is 0 Å². The zero-order chi connectivity index (χ0) is 15.9. The Morgan fingerprint density at radius 3 is 2.50 bits per heavy atom. The third-order valence-corrected chi connectivity index (χ3v) is 4.11. The summed E-state index contributed by atoms with van der Waals surface area (Å²) in [6, 6.07) is 13.8. The molecule has 4 heteroatoms. The molecular formula is C18H17N3O. The van der Waals surface area contributed by atoms with Gasteiger partial charge >= 0.3 is 0 Å². The maximum absolute atomic E-state index is 9.50. The van der Waals surface area contributed by atoms with E-state index in [4.69, 9.17) is 16.2 Å². The topological polar surface area (TPSA) is 85.1 Å². The van der Waals surface area contributed by atoms with Crippen molar-refractivity contribution < 1.29 is 4.74 Å². The third kappa shape index (κ3) is 2.17. The molecular weight excluding hydrogens is 274 g/mol. The molecule has 0 spiro atoms. The summed E-state index contributed by atoms with van der Waals surface area (Å²) in [7, 11) is 0. The monoisotopic (exact) mass is 291 g/mol. The minimum Gasteiger partial charge on any atom is -0.440 e. The van der Waals surface area contributed by atoms with Crippen LogP contribution >= 0.6 is 0 Å². The highest BCUT2D eigenvalue weighted by molar-refractivity contribution is 5.59. The van der Waals surface area contributed by atoms with Gasteiger partial charge in [0.2, 0.25) is 5.88 Å². The summed E-state index contributed by atoms with van der Waals surface area (Å²) in [6.45, 7) is 4.12. The number of allylic oxidation sites excluding steroid dienone is 1. The van der Waals surface area contributed by atoms with Gasteiger partial charge in [0.1, 0.15) is 17.4 Å². The molecule has 0 saturated carbocycles. The first kappa shape index (κ1) is 14.0. The van der Waals surface area contributed by atoms with Gasteiger partial charge in [-0.15, -0.1) is 0 Å². The average Bonchev–Trinajstić information content (AvgIpc) is 2.48. The molecule has 2 aromatic rings. The van der Waals surface area contributed by atoms with Gasteiger partial charge in [-0.25, -0.2) is 0 Å². The lowest BCUT2D eigenvalue weighted by Gasteiger charge is -2.27. The summed E-state index contributed by atoms with van der Waals surface area (Å²) >= 11 is 0. The van der Waals surface area contributed by atoms with Crippen LogP contribution in [0, 0.1) is 25.2 Å². The standard InChI is InChI=1S/C18H17N3O/c1-10-3-4-12(7-11(10)2)17-14-6-5-13(20)8-16(14)22-18(21)15(17)9-19/h3-8,17H,20-21H2,1-2H3/t17-/m0/s1. The molecule has 0 fully saturated rings. The van der Waals surface area contributed by atoms with Crippen LogP contribution in [0.15, 0.2) is 47.9 Å². The normalized spacial score (nSPS) is 16.7. The third-order valence-electron chi connectivity index (χ3n) is 4.11. The summed E-state index contributed by atoms with van der Waals surface area (Å²) in [5.74, 6) is 0.525. The van der Waals surface area contributed by atoms with Crippen LogP contribution in [-0.2, 0) is 0 Å². The lowest BCUT2D eigenvalue weighted by atomic mass is 9.82. The zero-order valence-corrected chi connectivity index (χ0v) is 12.6. The molecule has 1 aliphatic rings. The van der Waals surface area contributed by atoms with Gasteiger partial charge in [0.05, 0.1) is 5.92 Å². The van der Waals surface area contributed by atoms with Gasteiger partial charge in [0.25, 0.3) is 0 Å². The van der Waals surface area contributed by atoms with Crippen LogP contribution in [0.4, 0.5) is 5.69 Å². The van der Waals surface area contributed by atoms with E-state index in [1.807, 2.05) is 18.2 Å². The van der Waals surface area contributed by atoms with E-state index in [0.717, 1.165) is 11.1 Å². The molecule has 4 nitrogen and oxygen atoms in total. The minimum absolute atomic E-state index is 0.142. The number of benzene rings is 2. The Kier molecular flexibility index (Phi) is 3.26. The lowest BCUT2D eigenvalue weighted by Crippen LogP contribution is -2.21. The molecule has 0 unspecified atom stereocenters. The predicted octanol–water partition coefficient (Wildman–Crippen LogP) is 3.10. The first-order valence-corrected chi connectivity index (χ1v) is 7.05. The highest BCUT2D eigenvalue weighted by Crippen LogP contribution is 2.42. The Labute approximate surface area is 129 Å². The summed E-state index contributed by atoms with van der Waals surface area (Å²) < 4.78 is 5.58. The first-order chi connectivity index (χ1) is 10.5. The van der Waals surface area contributed by atoms with E-state index in [1.165, 1.54) is 11.1 Å². The molecule has 1 atom stereocenters. The van der Waals surface area contributed by atoms with Crippen molar-refractivity contribution in [3.8, 4) is 11.8 Å². The van der Waals surface area contributed by atoms with Crippen LogP contribution in [0.5, 0.6) is 5.75 Å². The number of hydrogen-bond donors (Lipinski definition) is 2. The Morgan fingerprint density at radius 1 is 1.05 bits per heavy atom. The Hall–Kier alpha value is -2.93. The van der Waals surface area contributed by atoms with E-state index in [0.29, 0.717) is 17.0 Å². The molecule has 0 aromatic heterocycles. The highest BCUT2D eigenvalue weighted by Gasteiger charge is 2.30. The number of hydrogen-bond acceptors (Lipinski definition) is 4. The van der Waals surface area contributed by atoms with E-state index in [2.05, 4.69) is 32.0 Å². The fourth-order valence-electron chi connectivity index (χ4n) is 2.76. The van der Waals surface area contributed by atoms with Crippen LogP contribution < -0.4 is 16.2 Å². The first-order valence-electron chi connectivity index (χ1n) is 7.05. The average molecular weight is 291 g/mol. The molecule has 1 heterocycles. The van der Waals surface area contributed by atoms with Crippen molar-refractivity contribution in [3.63, 3.8) is 0 Å². The lowest BCUT2D eigenvalue weighted by molar-refractivity contribution is 0.394. The molecule has 22 heavy (non-hydrogen) atoms. The second-order valence-corrected chi connectivity index (χ2v) is 5.57. The van der Waals surface area contributed by atoms with Gasteiger partial charge in [0.15, 0.2) is 0 Å². The molecule has 3 rings (SSSR count). The number of nitrogen functional groups attached to an aromatic ring is 1. The smallest absolute Gasteiger partial charge is 0.205 e. The van der Waals surface area contributed by atoms with Crippen LogP contribution in [0.1, 0.15) is 28.2 Å². The molecule has 0 radical (unpaired) electrons. The SMILES string of the molecule is Cc1ccc([C@@H]2C(C#N)=C(N)Oc3cc(N)ccc32)cc1C. The number of nitriles is 1. The van der Waals surface area contributed by atoms with E-state index in [-0.39, 0.29) is 11.8 Å². The molecule has 0 bridgehead atoms. The van der Waals surface area contributed by atoms with E-state index >= 15 is 0 Å². The quantitative estimate of drug-likeness (QED) is 0.791. The van der Waals surface area contributed by atoms with Crippen molar-refractivity contribution in [1.29, 1.82) is 5.26 Å². The van der Waals surface area contributed by atoms with Crippen LogP contribution in [0.2, 0.25) is 0 Å². The fourth-order valence-corrected chi connectivity index (χ4v) is 2.76. The van der Waals surface area contributed by atoms with Gasteiger partial charge in [-0.2, -0.15) is 5.26 Å². The number of aryl methyl sites for hydroxylation is 2. The summed E-state index contributed by atoms with van der Waals surface area (Å²) in [4.78, 5) is 0. The number of fused-ring (bicyclic) bond motifs is 1. The number of rotatable bonds is 1. The van der Waals surface area contributed by atoms with Gasteiger partial charge in [-0.1, -0.05) is 24.3 Å². The van der Waals surface area contributed by atoms with Crippen molar-refractivity contribution in [3.05, 3.63) is 70.1 Å². The molecule has 1 aliphatic heterocycles. The second-order valence-electron chi connectivity index (χ2n) is 5.57. The van der Waals surface area contributed by atoms with Gasteiger partial charge in [-0.3, -0.25) is 0 Å². The van der Waals surface area contributed by atoms with Crippen molar-refractivity contribution in [2.75, 3.05) is 5.73 Å². The highest BCUT2D eigenvalue weighted by atomic mass is 16.5. The van der Waals surface area contributed by atoms with Gasteiger partial charge < -0.3 is 16.2 Å². The number of ether oxygens (including phenoxy) is 1. The number of nitrogens with two attached hydrogens (primary N) is 2. The van der Waals surface area contributed by atoms with Crippen LogP contribution in [0.25, 0.3) is 0 Å². The number of nitrogens with zero attached hydrogens (tertiary/aromatic N) is 1. The van der Waals surface area contributed by atoms with Gasteiger partial charge in [0, 0.05) is 17.3 Å². The molecule has 4 N–H and O–H groups in total. The molecule has 2 aromatic carbocycles. The van der Waals surface area contributed by atoms with E-state index in [1.54, 1.807) is 6.07 Å². The molecule has 0 amide bonds. The number of anilines is 1. The van der Waals surface area contributed by atoms with Crippen molar-refractivity contribution in [2.24, 2.45) is 5.73 Å². The fraction of sp³-hybridized carbons (Fsp3) is 0.167. The molecule has 0 saturated heterocycles. The van der Waals surface area contributed by atoms with E-state index in [9.17, 15) is 5.26 Å². The maximum atomic E-state index is 9.50. The van der Waals surface area contributed by atoms with Crippen LogP contribution in [-0.4, -0.2) is 0 Å². The van der Waals surface area contributed by atoms with Crippen LogP contribution in [0.3, 0.4) is 0 Å². The van der Waals surface area contributed by atoms with Crippen molar-refractivity contribution in [2.45, 2.75) is 19.8 Å². The summed E-state index contributed by atoms with van der Waals surface area (Å²) in [5.41, 5.74) is 17.1. The Balaban J connectivity index is 2.23. The molecule has 110 valence electrons. The Morgan fingerprint density at radius 2 is 1.82 bits per heavy atom. The zero-order valence-electron chi connectivity index (χ0n) is 12.6. The summed E-state index contributed by atoms with van der Waals surface area (Å²) in [6.07, 6.45) is 0. The predicted molar refractivity (Wildman–Crippen MR) is 86.1 cm³/mol. The Bertz CT molecular complexity index is 831.